The van der Waals surface area contributed by atoms with Gasteiger partial charge in [0.25, 0.3) is 16.6 Å². The molecule has 0 spiro atoms. The molecule has 0 radical (unpaired) electrons. The van der Waals surface area contributed by atoms with Crippen LogP contribution < -0.4 is 20.7 Å². The number of nitrogens with zero attached hydrogens (tertiary/aromatic N) is 1. The van der Waals surface area contributed by atoms with Crippen LogP contribution in [0, 0.1) is 11.8 Å². The third kappa shape index (κ3) is 7.90. The van der Waals surface area contributed by atoms with Gasteiger partial charge in [0.1, 0.15) is 5.78 Å². The summed E-state index contributed by atoms with van der Waals surface area (Å²) in [5.41, 5.74) is 0. The van der Waals surface area contributed by atoms with Crippen molar-refractivity contribution in [2.75, 3.05) is 13.2 Å². The molecular formula is C42H50ClNO5Si2. The minimum absolute atomic E-state index is 0.107. The van der Waals surface area contributed by atoms with Gasteiger partial charge in [-0.25, -0.2) is 0 Å². The Balaban J connectivity index is 0.000000556. The first kappa shape index (κ1) is 38.6. The van der Waals surface area contributed by atoms with Crippen molar-refractivity contribution in [1.82, 2.24) is 4.42 Å². The Morgan fingerprint density at radius 1 is 0.569 bits per heavy atom. The number of carbonyl (C=O) groups excluding carboxylic acids is 3. The van der Waals surface area contributed by atoms with E-state index in [2.05, 4.69) is 163 Å². The lowest BCUT2D eigenvalue weighted by Crippen LogP contribution is -2.68. The molecule has 0 N–H and O–H groups in total. The van der Waals surface area contributed by atoms with E-state index in [1.807, 2.05) is 0 Å². The second-order valence-corrected chi connectivity index (χ2v) is 24.5. The van der Waals surface area contributed by atoms with Gasteiger partial charge in [0.15, 0.2) is 0 Å². The third-order valence-electron chi connectivity index (χ3n) is 10.3. The topological polar surface area (TPSA) is 72.9 Å². The summed E-state index contributed by atoms with van der Waals surface area (Å²) < 4.78 is 15.1. The summed E-state index contributed by atoms with van der Waals surface area (Å²) in [4.78, 5) is 33.9. The van der Waals surface area contributed by atoms with Crippen LogP contribution in [0.15, 0.2) is 121 Å². The predicted molar refractivity (Wildman–Crippen MR) is 211 cm³/mol. The van der Waals surface area contributed by atoms with E-state index in [-0.39, 0.29) is 52.4 Å². The molecule has 9 heteroatoms. The van der Waals surface area contributed by atoms with Gasteiger partial charge in [0.2, 0.25) is 11.8 Å². The standard InChI is InChI=1S/C38H46O3Si2.C4H4ClNO2/c1-37(2,3)42(31-19-11-7-12-20-31,32-21-13-8-14-22-32)40-28-30-27-36(39)35(30)29-41-43(38(4,5)6,33-23-15-9-16-24-33)34-25-17-10-18-26-34;5-6-3(7)1-2-4(6)8/h7-26,30,35H,27-29H2,1-6H3;1-2H2/t30-,35-;/m1./s1. The highest BCUT2D eigenvalue weighted by atomic mass is 35.5. The maximum Gasteiger partial charge on any atom is 0.261 e. The monoisotopic (exact) mass is 739 g/mol. The Morgan fingerprint density at radius 3 is 1.14 bits per heavy atom. The van der Waals surface area contributed by atoms with Crippen LogP contribution in [-0.4, -0.2) is 51.9 Å². The SMILES string of the molecule is CC(C)(C)[Si](OC[C@H]1CC(=O)[C@@H]1CO[Si](c1ccccc1)(c1ccccc1)C(C)(C)C)(c1ccccc1)c1ccccc1.O=C1CCC(=O)N1Cl. The average molecular weight is 740 g/mol. The maximum absolute atomic E-state index is 13.2. The summed E-state index contributed by atoms with van der Waals surface area (Å²) in [6.07, 6.45) is 1.08. The highest BCUT2D eigenvalue weighted by Crippen LogP contribution is 2.41. The first-order chi connectivity index (χ1) is 24.2. The van der Waals surface area contributed by atoms with Gasteiger partial charge in [-0.2, -0.15) is 4.42 Å². The minimum Gasteiger partial charge on any atom is -0.407 e. The smallest absolute Gasteiger partial charge is 0.261 e. The second-order valence-electron chi connectivity index (χ2n) is 15.6. The van der Waals surface area contributed by atoms with Gasteiger partial charge in [-0.05, 0) is 36.7 Å². The Bertz CT molecular complexity index is 1680. The van der Waals surface area contributed by atoms with Gasteiger partial charge >= 0.3 is 0 Å². The summed E-state index contributed by atoms with van der Waals surface area (Å²) >= 11 is 5.15. The fourth-order valence-corrected chi connectivity index (χ4v) is 17.0. The van der Waals surface area contributed by atoms with Crippen LogP contribution in [0.4, 0.5) is 0 Å². The van der Waals surface area contributed by atoms with E-state index < -0.39 is 16.6 Å². The molecule has 268 valence electrons. The lowest BCUT2D eigenvalue weighted by molar-refractivity contribution is -0.137. The van der Waals surface area contributed by atoms with Crippen LogP contribution in [0.3, 0.4) is 0 Å². The van der Waals surface area contributed by atoms with Gasteiger partial charge in [-0.3, -0.25) is 14.4 Å². The Morgan fingerprint density at radius 2 is 0.882 bits per heavy atom. The molecule has 2 fully saturated rings. The molecule has 1 heterocycles. The maximum atomic E-state index is 13.2. The molecule has 4 aromatic rings. The molecule has 51 heavy (non-hydrogen) atoms. The van der Waals surface area contributed by atoms with E-state index in [0.717, 1.165) is 0 Å². The van der Waals surface area contributed by atoms with E-state index in [4.69, 9.17) is 20.6 Å². The summed E-state index contributed by atoms with van der Waals surface area (Å²) in [6, 6.07) is 42.8. The zero-order chi connectivity index (χ0) is 36.9. The average Bonchev–Trinajstić information content (AvgIpc) is 3.41. The Hall–Kier alpha value is -3.67. The number of hydrogen-bond donors (Lipinski definition) is 0. The van der Waals surface area contributed by atoms with E-state index >= 15 is 0 Å². The van der Waals surface area contributed by atoms with Crippen LogP contribution >= 0.6 is 11.8 Å². The number of rotatable bonds is 10. The van der Waals surface area contributed by atoms with Crippen LogP contribution in [0.2, 0.25) is 10.1 Å². The molecule has 2 amide bonds. The van der Waals surface area contributed by atoms with Crippen molar-refractivity contribution < 1.29 is 23.2 Å². The number of Topliss-reactive ketones (excluding diaryl/α,β-unsaturated/α-hetero) is 1. The van der Waals surface area contributed by atoms with E-state index in [1.165, 1.54) is 20.7 Å². The number of halogens is 1. The summed E-state index contributed by atoms with van der Waals surface area (Å²) in [6.45, 7) is 14.7. The van der Waals surface area contributed by atoms with E-state index in [9.17, 15) is 14.4 Å². The summed E-state index contributed by atoms with van der Waals surface area (Å²) in [5.74, 6) is -0.338. The Kier molecular flexibility index (Phi) is 12.0. The van der Waals surface area contributed by atoms with Crippen LogP contribution in [0.25, 0.3) is 0 Å². The van der Waals surface area contributed by atoms with Crippen molar-refractivity contribution in [3.8, 4) is 0 Å². The van der Waals surface area contributed by atoms with E-state index in [0.29, 0.717) is 24.1 Å². The molecule has 6 nitrogen and oxygen atoms in total. The minimum atomic E-state index is -2.73. The molecule has 4 aromatic carbocycles. The number of imide groups is 1. The normalized spacial score (nSPS) is 18.3. The van der Waals surface area contributed by atoms with Crippen LogP contribution in [-0.2, 0) is 23.2 Å². The lowest BCUT2D eigenvalue weighted by Gasteiger charge is -2.47. The van der Waals surface area contributed by atoms with Gasteiger partial charge in [-0.1, -0.05) is 163 Å². The molecule has 0 unspecified atom stereocenters. The molecule has 2 atom stereocenters. The molecule has 1 aliphatic heterocycles. The first-order valence-electron chi connectivity index (χ1n) is 17.8. The predicted octanol–water partition coefficient (Wildman–Crippen LogP) is 6.63. The van der Waals surface area contributed by atoms with Crippen molar-refractivity contribution in [3.05, 3.63) is 121 Å². The number of hydrogen-bond acceptors (Lipinski definition) is 5. The molecule has 1 aliphatic carbocycles. The zero-order valence-electron chi connectivity index (χ0n) is 30.6. The van der Waals surface area contributed by atoms with Crippen molar-refractivity contribution in [3.63, 3.8) is 0 Å². The van der Waals surface area contributed by atoms with Crippen molar-refractivity contribution in [2.24, 2.45) is 11.8 Å². The first-order valence-corrected chi connectivity index (χ1v) is 21.9. The number of amides is 2. The highest BCUT2D eigenvalue weighted by molar-refractivity contribution is 7.00. The molecule has 0 bridgehead atoms. The molecule has 1 saturated carbocycles. The third-order valence-corrected chi connectivity index (χ3v) is 20.7. The lowest BCUT2D eigenvalue weighted by atomic mass is 9.73. The number of benzene rings is 4. The summed E-state index contributed by atoms with van der Waals surface area (Å²) in [5, 5.41) is 4.76. The van der Waals surface area contributed by atoms with Crippen molar-refractivity contribution >= 4 is 66.8 Å². The quantitative estimate of drug-likeness (QED) is 0.104. The molecule has 6 rings (SSSR count). The van der Waals surface area contributed by atoms with Crippen molar-refractivity contribution in [2.45, 2.75) is 70.9 Å². The van der Waals surface area contributed by atoms with Crippen LogP contribution in [0.5, 0.6) is 0 Å². The molecule has 0 aromatic heterocycles. The van der Waals surface area contributed by atoms with Crippen LogP contribution in [0.1, 0.15) is 60.8 Å². The van der Waals surface area contributed by atoms with Gasteiger partial charge in [0, 0.05) is 50.2 Å². The molecule has 1 saturated heterocycles. The molecule has 2 aliphatic rings. The van der Waals surface area contributed by atoms with Crippen molar-refractivity contribution in [1.29, 1.82) is 0 Å². The Labute approximate surface area is 310 Å². The largest absolute Gasteiger partial charge is 0.407 e. The molecular weight excluding hydrogens is 690 g/mol. The number of carbonyl (C=O) groups is 3. The highest BCUT2D eigenvalue weighted by Gasteiger charge is 2.54. The zero-order valence-corrected chi connectivity index (χ0v) is 33.4. The second kappa shape index (κ2) is 15.9. The van der Waals surface area contributed by atoms with Gasteiger partial charge in [0.05, 0.1) is 0 Å². The fourth-order valence-electron chi connectivity index (χ4n) is 7.58. The van der Waals surface area contributed by atoms with Gasteiger partial charge < -0.3 is 8.85 Å². The number of ketones is 1. The van der Waals surface area contributed by atoms with Gasteiger partial charge in [-0.15, -0.1) is 0 Å². The van der Waals surface area contributed by atoms with E-state index in [1.54, 1.807) is 0 Å². The fraction of sp³-hybridized carbons (Fsp3) is 0.357. The summed E-state index contributed by atoms with van der Waals surface area (Å²) in [7, 11) is -5.42.